The van der Waals surface area contributed by atoms with Crippen molar-refractivity contribution in [3.63, 3.8) is 0 Å². The van der Waals surface area contributed by atoms with Crippen LogP contribution >= 0.6 is 22.7 Å². The number of aromatic nitrogens is 1. The highest BCUT2D eigenvalue weighted by atomic mass is 32.1. The molecule has 0 atom stereocenters. The van der Waals surface area contributed by atoms with Crippen molar-refractivity contribution >= 4 is 39.9 Å². The lowest BCUT2D eigenvalue weighted by Crippen LogP contribution is -2.18. The Kier molecular flexibility index (Phi) is 4.90. The molecule has 28 heavy (non-hydrogen) atoms. The van der Waals surface area contributed by atoms with Gasteiger partial charge >= 0.3 is 0 Å². The minimum Gasteiger partial charge on any atom is -0.376 e. The lowest BCUT2D eigenvalue weighted by molar-refractivity contribution is -0.113. The van der Waals surface area contributed by atoms with E-state index in [9.17, 15) is 9.59 Å². The van der Waals surface area contributed by atoms with Gasteiger partial charge in [0.1, 0.15) is 16.3 Å². The average Bonchev–Trinajstić information content (AvgIpc) is 3.35. The number of thiophene rings is 1. The van der Waals surface area contributed by atoms with E-state index in [1.165, 1.54) is 29.0 Å². The van der Waals surface area contributed by atoms with Crippen molar-refractivity contribution in [3.05, 3.63) is 32.7 Å². The van der Waals surface area contributed by atoms with Gasteiger partial charge in [-0.2, -0.15) is 0 Å². The number of carbonyl (C=O) groups is 2. The van der Waals surface area contributed by atoms with Crippen LogP contribution in [0.4, 0.5) is 5.00 Å². The number of ether oxygens (including phenoxy) is 1. The first kappa shape index (κ1) is 18.2. The summed E-state index contributed by atoms with van der Waals surface area (Å²) in [4.78, 5) is 30.4. The van der Waals surface area contributed by atoms with E-state index < -0.39 is 0 Å². The standard InChI is InChI=1S/C21H22N2O3S2/c24-9-13-3-1-2-4-14(13)19(25)23-21-18(15-7-8-26-10-17(15)28-21)20-22-16(11-27-20)12-5-6-12/h9,11-12H,1-8,10H2,(H,23,25). The molecule has 0 saturated heterocycles. The van der Waals surface area contributed by atoms with Gasteiger partial charge in [0.15, 0.2) is 0 Å². The Bertz CT molecular complexity index is 968. The van der Waals surface area contributed by atoms with Gasteiger partial charge in [-0.15, -0.1) is 22.7 Å². The predicted molar refractivity (Wildman–Crippen MR) is 111 cm³/mol. The van der Waals surface area contributed by atoms with Crippen LogP contribution in [0.3, 0.4) is 0 Å². The highest BCUT2D eigenvalue weighted by molar-refractivity contribution is 7.18. The first-order valence-electron chi connectivity index (χ1n) is 9.91. The molecule has 3 aliphatic rings. The number of aldehydes is 1. The van der Waals surface area contributed by atoms with Gasteiger partial charge in [-0.1, -0.05) is 0 Å². The molecule has 1 fully saturated rings. The zero-order chi connectivity index (χ0) is 19.1. The summed E-state index contributed by atoms with van der Waals surface area (Å²) in [7, 11) is 0. The van der Waals surface area contributed by atoms with Crippen LogP contribution in [0.2, 0.25) is 0 Å². The van der Waals surface area contributed by atoms with E-state index in [0.29, 0.717) is 43.1 Å². The molecule has 2 aliphatic carbocycles. The molecule has 146 valence electrons. The number of anilines is 1. The summed E-state index contributed by atoms with van der Waals surface area (Å²) in [5, 5.41) is 7.13. The van der Waals surface area contributed by atoms with Gasteiger partial charge in [0.25, 0.3) is 5.91 Å². The summed E-state index contributed by atoms with van der Waals surface area (Å²) >= 11 is 3.26. The topological polar surface area (TPSA) is 68.3 Å². The number of fused-ring (bicyclic) bond motifs is 1. The molecule has 7 heteroatoms. The van der Waals surface area contributed by atoms with Gasteiger partial charge in [-0.3, -0.25) is 9.59 Å². The Hall–Kier alpha value is -1.83. The van der Waals surface area contributed by atoms with Crippen molar-refractivity contribution < 1.29 is 14.3 Å². The third-order valence-corrected chi connectivity index (χ3v) is 7.70. The molecule has 1 amide bonds. The molecule has 5 rings (SSSR count). The molecule has 0 spiro atoms. The smallest absolute Gasteiger partial charge is 0.252 e. The fourth-order valence-electron chi connectivity index (χ4n) is 4.01. The number of rotatable bonds is 5. The van der Waals surface area contributed by atoms with Crippen molar-refractivity contribution in [2.75, 3.05) is 11.9 Å². The first-order chi connectivity index (χ1) is 13.7. The van der Waals surface area contributed by atoms with E-state index in [4.69, 9.17) is 9.72 Å². The molecule has 0 bridgehead atoms. The summed E-state index contributed by atoms with van der Waals surface area (Å²) in [6.45, 7) is 1.29. The molecule has 3 heterocycles. The Morgan fingerprint density at radius 2 is 2.11 bits per heavy atom. The molecule has 0 radical (unpaired) electrons. The van der Waals surface area contributed by atoms with Crippen LogP contribution in [-0.2, 0) is 27.4 Å². The summed E-state index contributed by atoms with van der Waals surface area (Å²) in [6, 6.07) is 0. The molecule has 1 aliphatic heterocycles. The second-order valence-corrected chi connectivity index (χ2v) is 9.61. The zero-order valence-corrected chi connectivity index (χ0v) is 17.2. The summed E-state index contributed by atoms with van der Waals surface area (Å²) in [5.74, 6) is 0.477. The van der Waals surface area contributed by atoms with Crippen LogP contribution in [0.15, 0.2) is 16.5 Å². The maximum atomic E-state index is 13.0. The molecule has 1 N–H and O–H groups in total. The molecule has 2 aromatic rings. The summed E-state index contributed by atoms with van der Waals surface area (Å²) < 4.78 is 5.63. The lowest BCUT2D eigenvalue weighted by Gasteiger charge is -2.16. The van der Waals surface area contributed by atoms with Crippen LogP contribution in [0.1, 0.15) is 60.6 Å². The molecule has 1 saturated carbocycles. The first-order valence-corrected chi connectivity index (χ1v) is 11.6. The van der Waals surface area contributed by atoms with Crippen molar-refractivity contribution in [2.45, 2.75) is 57.5 Å². The Morgan fingerprint density at radius 1 is 1.25 bits per heavy atom. The maximum Gasteiger partial charge on any atom is 0.252 e. The number of carbonyl (C=O) groups excluding carboxylic acids is 2. The average molecular weight is 415 g/mol. The SMILES string of the molecule is O=CC1=C(C(=O)Nc2sc3c(c2-c2nc(C4CC4)cs2)CCOC3)CCCC1. The number of thiazole rings is 1. The van der Waals surface area contributed by atoms with E-state index in [2.05, 4.69) is 10.7 Å². The van der Waals surface area contributed by atoms with Crippen LogP contribution < -0.4 is 5.32 Å². The van der Waals surface area contributed by atoms with Crippen molar-refractivity contribution in [1.29, 1.82) is 0 Å². The summed E-state index contributed by atoms with van der Waals surface area (Å²) in [6.07, 6.45) is 7.46. The normalized spacial score (nSPS) is 19.4. The van der Waals surface area contributed by atoms with Crippen LogP contribution in [0.25, 0.3) is 10.6 Å². The number of nitrogens with zero attached hydrogens (tertiary/aromatic N) is 1. The van der Waals surface area contributed by atoms with Crippen molar-refractivity contribution in [1.82, 2.24) is 4.98 Å². The maximum absolute atomic E-state index is 13.0. The molecule has 2 aromatic heterocycles. The van der Waals surface area contributed by atoms with E-state index >= 15 is 0 Å². The largest absolute Gasteiger partial charge is 0.376 e. The van der Waals surface area contributed by atoms with Crippen molar-refractivity contribution in [3.8, 4) is 10.6 Å². The molecule has 0 unspecified atom stereocenters. The van der Waals surface area contributed by atoms with Gasteiger partial charge in [0.2, 0.25) is 0 Å². The van der Waals surface area contributed by atoms with Crippen LogP contribution in [-0.4, -0.2) is 23.8 Å². The Morgan fingerprint density at radius 3 is 2.93 bits per heavy atom. The second-order valence-electron chi connectivity index (χ2n) is 7.65. The van der Waals surface area contributed by atoms with E-state index in [0.717, 1.165) is 41.1 Å². The molecular weight excluding hydrogens is 392 g/mol. The third kappa shape index (κ3) is 3.36. The van der Waals surface area contributed by atoms with Gasteiger partial charge < -0.3 is 10.1 Å². The Labute approximate surface area is 171 Å². The third-order valence-electron chi connectivity index (χ3n) is 5.71. The quantitative estimate of drug-likeness (QED) is 0.712. The van der Waals surface area contributed by atoms with E-state index in [1.807, 2.05) is 0 Å². The lowest BCUT2D eigenvalue weighted by atomic mass is 9.92. The molecule has 0 aromatic carbocycles. The highest BCUT2D eigenvalue weighted by Gasteiger charge is 2.30. The minimum absolute atomic E-state index is 0.137. The minimum atomic E-state index is -0.137. The van der Waals surface area contributed by atoms with Crippen LogP contribution in [0.5, 0.6) is 0 Å². The number of nitrogens with one attached hydrogen (secondary N) is 1. The monoisotopic (exact) mass is 414 g/mol. The molecule has 5 nitrogen and oxygen atoms in total. The van der Waals surface area contributed by atoms with E-state index in [-0.39, 0.29) is 5.91 Å². The van der Waals surface area contributed by atoms with Crippen LogP contribution in [0, 0.1) is 0 Å². The Balaban J connectivity index is 1.51. The van der Waals surface area contributed by atoms with Gasteiger partial charge in [0, 0.05) is 32.9 Å². The number of hydrogen-bond acceptors (Lipinski definition) is 6. The van der Waals surface area contributed by atoms with Crippen molar-refractivity contribution in [2.24, 2.45) is 0 Å². The van der Waals surface area contributed by atoms with Gasteiger partial charge in [-0.25, -0.2) is 4.98 Å². The fourth-order valence-corrected chi connectivity index (χ4v) is 6.24. The zero-order valence-electron chi connectivity index (χ0n) is 15.6. The predicted octanol–water partition coefficient (Wildman–Crippen LogP) is 4.83. The van der Waals surface area contributed by atoms with E-state index in [1.54, 1.807) is 22.7 Å². The number of hydrogen-bond donors (Lipinski definition) is 1. The second kappa shape index (κ2) is 7.54. The highest BCUT2D eigenvalue weighted by Crippen LogP contribution is 2.47. The van der Waals surface area contributed by atoms with Gasteiger partial charge in [0.05, 0.1) is 18.9 Å². The van der Waals surface area contributed by atoms with Gasteiger partial charge in [-0.05, 0) is 50.5 Å². The number of allylic oxidation sites excluding steroid dienone is 1. The summed E-state index contributed by atoms with van der Waals surface area (Å²) in [5.41, 5.74) is 4.81. The fraction of sp³-hybridized carbons (Fsp3) is 0.476. The number of amides is 1. The molecular formula is C21H22N2O3S2.